The standard InChI is InChI=1S/C11H14FN3O6S.C3H8/c12-5-4-15(10(17)14-9(5)22)7-2-1-6(20-7)11(18,19)21-8(16)3-13;1-3-2/h4,6-7,18-19H,1-3,13H2,(H,14,17,22);3H2,1-2H3. The molecule has 2 atom stereocenters. The highest BCUT2D eigenvalue weighted by atomic mass is 32.1. The average molecular weight is 379 g/mol. The Morgan fingerprint density at radius 2 is 2.16 bits per heavy atom. The normalized spacial score (nSPS) is 19.9. The first-order valence-electron chi connectivity index (χ1n) is 7.69. The molecule has 0 saturated carbocycles. The fraction of sp³-hybridized carbons (Fsp3) is 0.643. The molecule has 9 nitrogen and oxygen atoms in total. The van der Waals surface area contributed by atoms with Gasteiger partial charge in [-0.1, -0.05) is 32.5 Å². The number of nitrogens with zero attached hydrogens (tertiary/aromatic N) is 1. The Balaban J connectivity index is 0.000000970. The van der Waals surface area contributed by atoms with Gasteiger partial charge in [-0.2, -0.15) is 0 Å². The van der Waals surface area contributed by atoms with Crippen molar-refractivity contribution in [2.75, 3.05) is 6.54 Å². The Hall–Kier alpha value is -1.66. The Bertz CT molecular complexity index is 705. The number of ether oxygens (including phenoxy) is 2. The van der Waals surface area contributed by atoms with Gasteiger partial charge in [-0.25, -0.2) is 9.18 Å². The molecule has 2 heterocycles. The van der Waals surface area contributed by atoms with E-state index in [2.05, 4.69) is 35.8 Å². The second-order valence-electron chi connectivity index (χ2n) is 5.34. The van der Waals surface area contributed by atoms with Gasteiger partial charge >= 0.3 is 17.6 Å². The molecular formula is C14H22FN3O6S. The summed E-state index contributed by atoms with van der Waals surface area (Å²) in [7, 11) is 0. The number of hydrogen-bond donors (Lipinski definition) is 4. The molecule has 1 aliphatic rings. The molecule has 0 amide bonds. The third-order valence-corrected chi connectivity index (χ3v) is 3.38. The Morgan fingerprint density at radius 1 is 1.56 bits per heavy atom. The van der Waals surface area contributed by atoms with E-state index in [1.165, 1.54) is 6.42 Å². The van der Waals surface area contributed by atoms with E-state index in [9.17, 15) is 24.2 Å². The van der Waals surface area contributed by atoms with Crippen LogP contribution < -0.4 is 11.4 Å². The van der Waals surface area contributed by atoms with Gasteiger partial charge in [0.25, 0.3) is 0 Å². The van der Waals surface area contributed by atoms with E-state index >= 15 is 0 Å². The maximum Gasteiger partial charge on any atom is 0.352 e. The van der Waals surface area contributed by atoms with E-state index in [-0.39, 0.29) is 17.5 Å². The zero-order chi connectivity index (χ0) is 19.2. The number of nitrogens with two attached hydrogens (primary N) is 1. The first-order valence-corrected chi connectivity index (χ1v) is 8.10. The van der Waals surface area contributed by atoms with Crippen LogP contribution in [0.5, 0.6) is 0 Å². The topological polar surface area (TPSA) is 140 Å². The summed E-state index contributed by atoms with van der Waals surface area (Å²) in [6.07, 6.45) is 0.0492. The molecule has 2 unspecified atom stereocenters. The maximum atomic E-state index is 13.4. The molecule has 1 fully saturated rings. The van der Waals surface area contributed by atoms with Crippen molar-refractivity contribution in [1.29, 1.82) is 0 Å². The number of rotatable bonds is 4. The van der Waals surface area contributed by atoms with Crippen LogP contribution in [0.2, 0.25) is 0 Å². The smallest absolute Gasteiger partial charge is 0.352 e. The lowest BCUT2D eigenvalue weighted by atomic mass is 10.2. The highest BCUT2D eigenvalue weighted by Gasteiger charge is 2.45. The molecule has 0 aromatic carbocycles. The number of nitrogens with one attached hydrogen (secondary N) is 1. The van der Waals surface area contributed by atoms with E-state index in [0.717, 1.165) is 10.8 Å². The van der Waals surface area contributed by atoms with Crippen LogP contribution in [0.3, 0.4) is 0 Å². The van der Waals surface area contributed by atoms with Crippen molar-refractivity contribution in [3.63, 3.8) is 0 Å². The summed E-state index contributed by atoms with van der Waals surface area (Å²) in [6, 6.07) is 0. The molecule has 1 saturated heterocycles. The van der Waals surface area contributed by atoms with E-state index in [1.807, 2.05) is 0 Å². The molecule has 1 aromatic heterocycles. The molecule has 25 heavy (non-hydrogen) atoms. The minimum absolute atomic E-state index is 0.0548. The van der Waals surface area contributed by atoms with Gasteiger partial charge in [-0.05, 0) is 12.8 Å². The average Bonchev–Trinajstić information content (AvgIpc) is 3.01. The first kappa shape index (κ1) is 21.4. The Kier molecular flexibility index (Phi) is 7.83. The fourth-order valence-corrected chi connectivity index (χ4v) is 2.19. The van der Waals surface area contributed by atoms with Gasteiger partial charge < -0.3 is 25.4 Å². The summed E-state index contributed by atoms with van der Waals surface area (Å²) < 4.78 is 23.6. The largest absolute Gasteiger partial charge is 0.405 e. The number of carbonyl (C=O) groups excluding carboxylic acids is 1. The summed E-state index contributed by atoms with van der Waals surface area (Å²) in [5, 5.41) is 19.4. The molecule has 0 bridgehead atoms. The molecule has 5 N–H and O–H groups in total. The Morgan fingerprint density at radius 3 is 2.72 bits per heavy atom. The highest BCUT2D eigenvalue weighted by molar-refractivity contribution is 7.71. The van der Waals surface area contributed by atoms with Crippen molar-refractivity contribution in [3.8, 4) is 0 Å². The van der Waals surface area contributed by atoms with Crippen LogP contribution in [0, 0.1) is 10.5 Å². The molecule has 142 valence electrons. The van der Waals surface area contributed by atoms with Crippen molar-refractivity contribution < 1.29 is 28.9 Å². The van der Waals surface area contributed by atoms with Crippen molar-refractivity contribution in [2.45, 2.75) is 51.4 Å². The summed E-state index contributed by atoms with van der Waals surface area (Å²) in [6.45, 7) is 3.71. The van der Waals surface area contributed by atoms with Crippen molar-refractivity contribution in [2.24, 2.45) is 5.73 Å². The van der Waals surface area contributed by atoms with Crippen LogP contribution in [0.1, 0.15) is 39.3 Å². The monoisotopic (exact) mass is 379 g/mol. The zero-order valence-corrected chi connectivity index (χ0v) is 14.7. The summed E-state index contributed by atoms with van der Waals surface area (Å²) >= 11 is 4.58. The second-order valence-corrected chi connectivity index (χ2v) is 5.75. The zero-order valence-electron chi connectivity index (χ0n) is 13.9. The molecular weight excluding hydrogens is 357 g/mol. The van der Waals surface area contributed by atoms with Gasteiger partial charge in [0.05, 0.1) is 12.7 Å². The van der Waals surface area contributed by atoms with Crippen LogP contribution >= 0.6 is 12.2 Å². The van der Waals surface area contributed by atoms with Crippen LogP contribution in [-0.4, -0.2) is 44.4 Å². The number of aromatic nitrogens is 2. The number of aliphatic hydroxyl groups is 2. The number of carbonyl (C=O) groups is 1. The summed E-state index contributed by atoms with van der Waals surface area (Å²) in [4.78, 5) is 24.9. The van der Waals surface area contributed by atoms with E-state index < -0.39 is 42.3 Å². The van der Waals surface area contributed by atoms with E-state index in [4.69, 9.17) is 10.5 Å². The summed E-state index contributed by atoms with van der Waals surface area (Å²) in [5.41, 5.74) is 4.30. The van der Waals surface area contributed by atoms with E-state index in [1.54, 1.807) is 0 Å². The minimum Gasteiger partial charge on any atom is -0.405 e. The van der Waals surface area contributed by atoms with Gasteiger partial charge in [0.15, 0.2) is 11.9 Å². The van der Waals surface area contributed by atoms with Crippen molar-refractivity contribution >= 4 is 18.2 Å². The Labute approximate surface area is 148 Å². The number of aromatic amines is 1. The van der Waals surface area contributed by atoms with Crippen molar-refractivity contribution in [3.05, 3.63) is 27.1 Å². The lowest BCUT2D eigenvalue weighted by Gasteiger charge is -2.27. The van der Waals surface area contributed by atoms with Gasteiger partial charge in [0.2, 0.25) is 0 Å². The lowest BCUT2D eigenvalue weighted by molar-refractivity contribution is -0.362. The molecule has 1 aromatic rings. The van der Waals surface area contributed by atoms with E-state index in [0.29, 0.717) is 0 Å². The van der Waals surface area contributed by atoms with Crippen LogP contribution in [0.15, 0.2) is 11.0 Å². The highest BCUT2D eigenvalue weighted by Crippen LogP contribution is 2.32. The van der Waals surface area contributed by atoms with Crippen LogP contribution in [0.25, 0.3) is 0 Å². The molecule has 0 radical (unpaired) electrons. The fourth-order valence-electron chi connectivity index (χ4n) is 2.05. The van der Waals surface area contributed by atoms with Gasteiger partial charge in [0, 0.05) is 0 Å². The quantitative estimate of drug-likeness (QED) is 0.332. The summed E-state index contributed by atoms with van der Waals surface area (Å²) in [5.74, 6) is -4.76. The van der Waals surface area contributed by atoms with Crippen LogP contribution in [-0.2, 0) is 14.3 Å². The predicted octanol–water partition coefficient (Wildman–Crippen LogP) is 0.279. The molecule has 11 heteroatoms. The third kappa shape index (κ3) is 5.68. The SMILES string of the molecule is CCC.NCC(=O)OC(O)(O)C1CCC(n2cc(F)c(=S)[nH]c2=O)O1. The number of esters is 1. The minimum atomic E-state index is -2.89. The number of H-pyrrole nitrogens is 1. The van der Waals surface area contributed by atoms with Crippen molar-refractivity contribution in [1.82, 2.24) is 9.55 Å². The van der Waals surface area contributed by atoms with Gasteiger partial charge in [-0.3, -0.25) is 14.3 Å². The molecule has 2 rings (SSSR count). The molecule has 0 spiro atoms. The van der Waals surface area contributed by atoms with Gasteiger partial charge in [-0.15, -0.1) is 0 Å². The second kappa shape index (κ2) is 9.15. The third-order valence-electron chi connectivity index (χ3n) is 3.08. The van der Waals surface area contributed by atoms with Gasteiger partial charge in [0.1, 0.15) is 10.9 Å². The number of hydrogen-bond acceptors (Lipinski definition) is 8. The first-order chi connectivity index (χ1) is 11.7. The molecule has 1 aliphatic heterocycles. The molecule has 0 aliphatic carbocycles. The lowest BCUT2D eigenvalue weighted by Crippen LogP contribution is -2.47. The predicted molar refractivity (Wildman–Crippen MR) is 87.3 cm³/mol. The van der Waals surface area contributed by atoms with Crippen LogP contribution in [0.4, 0.5) is 4.39 Å². The number of halogens is 1. The maximum absolute atomic E-state index is 13.4.